The summed E-state index contributed by atoms with van der Waals surface area (Å²) in [5, 5.41) is 2.83. The number of hydrogen-bond acceptors (Lipinski definition) is 4. The van der Waals surface area contributed by atoms with Crippen LogP contribution in [0.4, 0.5) is 0 Å². The molecule has 1 saturated heterocycles. The Morgan fingerprint density at radius 3 is 2.86 bits per heavy atom. The molecule has 1 atom stereocenters. The van der Waals surface area contributed by atoms with E-state index in [0.29, 0.717) is 36.6 Å². The SMILES string of the molecule is CCNC(=O)C1(C)CCCN1C(=O)c1ccc2c(c1)OCO2. The van der Waals surface area contributed by atoms with Crippen molar-refractivity contribution in [2.45, 2.75) is 32.2 Å². The largest absolute Gasteiger partial charge is 0.454 e. The van der Waals surface area contributed by atoms with Crippen molar-refractivity contribution >= 4 is 11.8 Å². The maximum atomic E-state index is 12.8. The monoisotopic (exact) mass is 304 g/mol. The molecule has 0 aromatic heterocycles. The zero-order chi connectivity index (χ0) is 15.7. The molecule has 0 aliphatic carbocycles. The lowest BCUT2D eigenvalue weighted by molar-refractivity contribution is -0.129. The van der Waals surface area contributed by atoms with Gasteiger partial charge in [0.15, 0.2) is 11.5 Å². The summed E-state index contributed by atoms with van der Waals surface area (Å²) in [4.78, 5) is 26.8. The zero-order valence-electron chi connectivity index (χ0n) is 12.8. The first-order chi connectivity index (χ1) is 10.6. The lowest BCUT2D eigenvalue weighted by atomic mass is 9.97. The Balaban J connectivity index is 1.86. The molecule has 0 radical (unpaired) electrons. The fourth-order valence-corrected chi connectivity index (χ4v) is 3.06. The van der Waals surface area contributed by atoms with E-state index in [1.807, 2.05) is 13.8 Å². The first kappa shape index (κ1) is 14.7. The van der Waals surface area contributed by atoms with Gasteiger partial charge in [-0.05, 0) is 44.9 Å². The molecule has 2 aliphatic rings. The summed E-state index contributed by atoms with van der Waals surface area (Å²) in [7, 11) is 0. The Bertz CT molecular complexity index is 616. The minimum absolute atomic E-state index is 0.0957. The number of likely N-dealkylation sites (tertiary alicyclic amines) is 1. The molecule has 1 aromatic carbocycles. The highest BCUT2D eigenvalue weighted by molar-refractivity contribution is 6.00. The van der Waals surface area contributed by atoms with Crippen LogP contribution in [0.25, 0.3) is 0 Å². The molecule has 6 heteroatoms. The quantitative estimate of drug-likeness (QED) is 0.920. The number of likely N-dealkylation sites (N-methyl/N-ethyl adjacent to an activating group) is 1. The third kappa shape index (κ3) is 2.28. The molecule has 22 heavy (non-hydrogen) atoms. The summed E-state index contributed by atoms with van der Waals surface area (Å²) in [6, 6.07) is 5.13. The van der Waals surface area contributed by atoms with E-state index in [0.717, 1.165) is 6.42 Å². The summed E-state index contributed by atoms with van der Waals surface area (Å²) in [5.41, 5.74) is -0.273. The number of carbonyl (C=O) groups is 2. The van der Waals surface area contributed by atoms with Gasteiger partial charge in [-0.3, -0.25) is 9.59 Å². The van der Waals surface area contributed by atoms with E-state index in [9.17, 15) is 9.59 Å². The molecular weight excluding hydrogens is 284 g/mol. The Kier molecular flexibility index (Phi) is 3.68. The highest BCUT2D eigenvalue weighted by Gasteiger charge is 2.45. The van der Waals surface area contributed by atoms with Gasteiger partial charge in [0.2, 0.25) is 12.7 Å². The maximum absolute atomic E-state index is 12.8. The molecule has 6 nitrogen and oxygen atoms in total. The van der Waals surface area contributed by atoms with Crippen molar-refractivity contribution in [3.8, 4) is 11.5 Å². The van der Waals surface area contributed by atoms with Crippen molar-refractivity contribution in [2.75, 3.05) is 19.9 Å². The van der Waals surface area contributed by atoms with E-state index in [1.165, 1.54) is 0 Å². The van der Waals surface area contributed by atoms with Crippen LogP contribution in [0.2, 0.25) is 0 Å². The number of fused-ring (bicyclic) bond motifs is 1. The van der Waals surface area contributed by atoms with E-state index in [4.69, 9.17) is 9.47 Å². The van der Waals surface area contributed by atoms with Gasteiger partial charge in [0.05, 0.1) is 0 Å². The molecule has 2 aliphatic heterocycles. The summed E-state index contributed by atoms with van der Waals surface area (Å²) >= 11 is 0. The minimum Gasteiger partial charge on any atom is -0.454 e. The van der Waals surface area contributed by atoms with Crippen LogP contribution in [0.3, 0.4) is 0 Å². The molecule has 3 rings (SSSR count). The van der Waals surface area contributed by atoms with Gasteiger partial charge in [-0.2, -0.15) is 0 Å². The van der Waals surface area contributed by atoms with Crippen molar-refractivity contribution in [1.82, 2.24) is 10.2 Å². The number of carbonyl (C=O) groups excluding carboxylic acids is 2. The Morgan fingerprint density at radius 2 is 2.09 bits per heavy atom. The van der Waals surface area contributed by atoms with Crippen molar-refractivity contribution in [3.05, 3.63) is 23.8 Å². The molecule has 0 spiro atoms. The molecule has 0 bridgehead atoms. The third-order valence-corrected chi connectivity index (χ3v) is 4.33. The lowest BCUT2D eigenvalue weighted by Crippen LogP contribution is -2.55. The normalized spacial score (nSPS) is 22.7. The van der Waals surface area contributed by atoms with Crippen molar-refractivity contribution < 1.29 is 19.1 Å². The fourth-order valence-electron chi connectivity index (χ4n) is 3.06. The van der Waals surface area contributed by atoms with Crippen LogP contribution < -0.4 is 14.8 Å². The Morgan fingerprint density at radius 1 is 1.32 bits per heavy atom. The first-order valence-electron chi connectivity index (χ1n) is 7.56. The predicted molar refractivity (Wildman–Crippen MR) is 79.9 cm³/mol. The summed E-state index contributed by atoms with van der Waals surface area (Å²) in [5.74, 6) is 0.973. The smallest absolute Gasteiger partial charge is 0.254 e. The van der Waals surface area contributed by atoms with Crippen LogP contribution >= 0.6 is 0 Å². The molecule has 0 saturated carbocycles. The van der Waals surface area contributed by atoms with E-state index in [2.05, 4.69) is 5.32 Å². The number of nitrogens with zero attached hydrogens (tertiary/aromatic N) is 1. The number of amides is 2. The number of nitrogens with one attached hydrogen (secondary N) is 1. The summed E-state index contributed by atoms with van der Waals surface area (Å²) in [6.07, 6.45) is 1.50. The van der Waals surface area contributed by atoms with Gasteiger partial charge >= 0.3 is 0 Å². The Labute approximate surface area is 129 Å². The van der Waals surface area contributed by atoms with Gasteiger partial charge in [-0.25, -0.2) is 0 Å². The van der Waals surface area contributed by atoms with E-state index >= 15 is 0 Å². The second-order valence-electron chi connectivity index (χ2n) is 5.76. The molecule has 2 heterocycles. The summed E-state index contributed by atoms with van der Waals surface area (Å²) < 4.78 is 10.6. The average Bonchev–Trinajstić information content (AvgIpc) is 3.13. The second kappa shape index (κ2) is 5.51. The maximum Gasteiger partial charge on any atom is 0.254 e. The first-order valence-corrected chi connectivity index (χ1v) is 7.56. The topological polar surface area (TPSA) is 67.9 Å². The van der Waals surface area contributed by atoms with Gasteiger partial charge in [0.25, 0.3) is 5.91 Å². The van der Waals surface area contributed by atoms with Crippen LogP contribution in [-0.2, 0) is 4.79 Å². The number of benzene rings is 1. The second-order valence-corrected chi connectivity index (χ2v) is 5.76. The van der Waals surface area contributed by atoms with Crippen molar-refractivity contribution in [3.63, 3.8) is 0 Å². The van der Waals surface area contributed by atoms with E-state index in [1.54, 1.807) is 23.1 Å². The van der Waals surface area contributed by atoms with E-state index in [-0.39, 0.29) is 18.6 Å². The Hall–Kier alpha value is -2.24. The predicted octanol–water partition coefficient (Wildman–Crippen LogP) is 1.55. The molecule has 1 fully saturated rings. The van der Waals surface area contributed by atoms with Crippen LogP contribution in [0.1, 0.15) is 37.0 Å². The third-order valence-electron chi connectivity index (χ3n) is 4.33. The zero-order valence-corrected chi connectivity index (χ0v) is 12.8. The molecule has 1 aromatic rings. The van der Waals surface area contributed by atoms with Crippen molar-refractivity contribution in [2.24, 2.45) is 0 Å². The van der Waals surface area contributed by atoms with Crippen LogP contribution in [0.5, 0.6) is 11.5 Å². The minimum atomic E-state index is -0.788. The molecule has 1 unspecified atom stereocenters. The van der Waals surface area contributed by atoms with Gasteiger partial charge < -0.3 is 19.7 Å². The highest BCUT2D eigenvalue weighted by Crippen LogP contribution is 2.35. The molecule has 1 N–H and O–H groups in total. The number of hydrogen-bond donors (Lipinski definition) is 1. The van der Waals surface area contributed by atoms with Crippen LogP contribution in [0, 0.1) is 0 Å². The standard InChI is InChI=1S/C16H20N2O4/c1-3-17-15(20)16(2)7-4-8-18(16)14(19)11-5-6-12-13(9-11)22-10-21-12/h5-6,9H,3-4,7-8,10H2,1-2H3,(H,17,20). The molecule has 2 amide bonds. The fraction of sp³-hybridized carbons (Fsp3) is 0.500. The van der Waals surface area contributed by atoms with Gasteiger partial charge in [-0.15, -0.1) is 0 Å². The van der Waals surface area contributed by atoms with Gasteiger partial charge in [0.1, 0.15) is 5.54 Å². The van der Waals surface area contributed by atoms with Crippen molar-refractivity contribution in [1.29, 1.82) is 0 Å². The summed E-state index contributed by atoms with van der Waals surface area (Å²) in [6.45, 7) is 5.02. The number of ether oxygens (including phenoxy) is 2. The average molecular weight is 304 g/mol. The lowest BCUT2D eigenvalue weighted by Gasteiger charge is -2.33. The van der Waals surface area contributed by atoms with Gasteiger partial charge in [0, 0.05) is 18.7 Å². The van der Waals surface area contributed by atoms with Crippen LogP contribution in [0.15, 0.2) is 18.2 Å². The molecular formula is C16H20N2O4. The van der Waals surface area contributed by atoms with Gasteiger partial charge in [-0.1, -0.05) is 0 Å². The van der Waals surface area contributed by atoms with Crippen LogP contribution in [-0.4, -0.2) is 42.1 Å². The number of rotatable bonds is 3. The van der Waals surface area contributed by atoms with E-state index < -0.39 is 5.54 Å². The highest BCUT2D eigenvalue weighted by atomic mass is 16.7. The molecule has 118 valence electrons.